The van der Waals surface area contributed by atoms with E-state index in [4.69, 9.17) is 0 Å². The summed E-state index contributed by atoms with van der Waals surface area (Å²) in [6, 6.07) is -0.166. The highest BCUT2D eigenvalue weighted by molar-refractivity contribution is 5.73. The molecule has 1 aliphatic carbocycles. The van der Waals surface area contributed by atoms with Gasteiger partial charge in [-0.15, -0.1) is 0 Å². The van der Waals surface area contributed by atoms with Crippen molar-refractivity contribution in [1.29, 1.82) is 0 Å². The SMILES string of the molecule is CNC(=O)NCC1=C/C=C\C=C/C=C1. The normalized spacial score (nSPS) is 18.8. The zero-order valence-corrected chi connectivity index (χ0v) is 8.16. The molecule has 74 valence electrons. The van der Waals surface area contributed by atoms with Crippen molar-refractivity contribution in [3.63, 3.8) is 0 Å². The van der Waals surface area contributed by atoms with Gasteiger partial charge in [0.1, 0.15) is 0 Å². The minimum atomic E-state index is -0.166. The minimum Gasteiger partial charge on any atom is -0.341 e. The van der Waals surface area contributed by atoms with E-state index in [1.807, 2.05) is 42.5 Å². The molecule has 3 heteroatoms. The summed E-state index contributed by atoms with van der Waals surface area (Å²) in [5, 5.41) is 5.22. The molecule has 1 aliphatic rings. The van der Waals surface area contributed by atoms with Gasteiger partial charge in [0.05, 0.1) is 0 Å². The lowest BCUT2D eigenvalue weighted by Gasteiger charge is -2.04. The highest BCUT2D eigenvalue weighted by Crippen LogP contribution is 1.99. The van der Waals surface area contributed by atoms with E-state index in [0.717, 1.165) is 5.57 Å². The van der Waals surface area contributed by atoms with Crippen LogP contribution in [-0.4, -0.2) is 19.6 Å². The summed E-state index contributed by atoms with van der Waals surface area (Å²) in [6.45, 7) is 0.536. The van der Waals surface area contributed by atoms with Crippen molar-refractivity contribution in [2.24, 2.45) is 0 Å². The van der Waals surface area contributed by atoms with E-state index in [-0.39, 0.29) is 6.03 Å². The second-order valence-electron chi connectivity index (χ2n) is 2.80. The van der Waals surface area contributed by atoms with Crippen LogP contribution in [0.4, 0.5) is 4.79 Å². The molecule has 0 aromatic carbocycles. The van der Waals surface area contributed by atoms with Crippen LogP contribution in [0.1, 0.15) is 0 Å². The maximum Gasteiger partial charge on any atom is 0.314 e. The van der Waals surface area contributed by atoms with Crippen molar-refractivity contribution in [3.8, 4) is 0 Å². The van der Waals surface area contributed by atoms with E-state index >= 15 is 0 Å². The summed E-state index contributed by atoms with van der Waals surface area (Å²) >= 11 is 0. The zero-order valence-electron chi connectivity index (χ0n) is 8.16. The van der Waals surface area contributed by atoms with Crippen LogP contribution in [0.3, 0.4) is 0 Å². The number of carbonyl (C=O) groups excluding carboxylic acids is 1. The number of carbonyl (C=O) groups is 1. The molecule has 0 fully saturated rings. The first-order valence-electron chi connectivity index (χ1n) is 4.49. The van der Waals surface area contributed by atoms with Crippen molar-refractivity contribution in [3.05, 3.63) is 48.1 Å². The Morgan fingerprint density at radius 2 is 1.93 bits per heavy atom. The standard InChI is InChI=1S/C11H14N2O/c1-12-11(14)13-9-10-7-5-3-2-4-6-8-10/h2-8H,9H2,1H3,(H2,12,13,14)/b3-2-,4-2?,5-3?,6-4-,7-5?,8-6?,10-7?,10-8?. The van der Waals surface area contributed by atoms with Crippen LogP contribution in [0.25, 0.3) is 0 Å². The average Bonchev–Trinajstić information content (AvgIpc) is 2.15. The third kappa shape index (κ3) is 3.76. The fraction of sp³-hybridized carbons (Fsp3) is 0.182. The second kappa shape index (κ2) is 5.80. The molecule has 1 rings (SSSR count). The van der Waals surface area contributed by atoms with Crippen molar-refractivity contribution in [2.45, 2.75) is 0 Å². The van der Waals surface area contributed by atoms with Crippen LogP contribution in [-0.2, 0) is 0 Å². The van der Waals surface area contributed by atoms with Gasteiger partial charge < -0.3 is 10.6 Å². The molecule has 0 unspecified atom stereocenters. The average molecular weight is 190 g/mol. The van der Waals surface area contributed by atoms with Gasteiger partial charge in [0, 0.05) is 13.6 Å². The molecule has 0 aromatic rings. The van der Waals surface area contributed by atoms with Crippen LogP contribution < -0.4 is 10.6 Å². The predicted octanol–water partition coefficient (Wildman–Crippen LogP) is 1.52. The van der Waals surface area contributed by atoms with Crippen molar-refractivity contribution in [1.82, 2.24) is 10.6 Å². The van der Waals surface area contributed by atoms with Crippen molar-refractivity contribution < 1.29 is 4.79 Å². The Hall–Kier alpha value is -1.77. The van der Waals surface area contributed by atoms with Crippen LogP contribution in [0.15, 0.2) is 48.1 Å². The molecule has 0 heterocycles. The first-order valence-corrected chi connectivity index (χ1v) is 4.49. The van der Waals surface area contributed by atoms with Gasteiger partial charge in [-0.1, -0.05) is 42.5 Å². The topological polar surface area (TPSA) is 41.1 Å². The van der Waals surface area contributed by atoms with Crippen molar-refractivity contribution >= 4 is 6.03 Å². The Balaban J connectivity index is 2.47. The summed E-state index contributed by atoms with van der Waals surface area (Å²) < 4.78 is 0. The van der Waals surface area contributed by atoms with Gasteiger partial charge in [0.2, 0.25) is 0 Å². The minimum absolute atomic E-state index is 0.166. The monoisotopic (exact) mass is 190 g/mol. The third-order valence-electron chi connectivity index (χ3n) is 1.75. The summed E-state index contributed by atoms with van der Waals surface area (Å²) in [4.78, 5) is 10.9. The first-order chi connectivity index (χ1) is 6.83. The summed E-state index contributed by atoms with van der Waals surface area (Å²) in [7, 11) is 1.60. The van der Waals surface area contributed by atoms with E-state index in [1.54, 1.807) is 7.05 Å². The number of allylic oxidation sites excluding steroid dienone is 6. The molecule has 0 saturated carbocycles. The molecule has 0 aliphatic heterocycles. The smallest absolute Gasteiger partial charge is 0.314 e. The molecule has 14 heavy (non-hydrogen) atoms. The van der Waals surface area contributed by atoms with Gasteiger partial charge in [-0.25, -0.2) is 4.79 Å². The highest BCUT2D eigenvalue weighted by Gasteiger charge is 1.96. The molecule has 2 amide bonds. The van der Waals surface area contributed by atoms with E-state index in [0.29, 0.717) is 6.54 Å². The van der Waals surface area contributed by atoms with E-state index < -0.39 is 0 Å². The molecule has 0 atom stereocenters. The van der Waals surface area contributed by atoms with Gasteiger partial charge in [0.15, 0.2) is 0 Å². The Kier molecular flexibility index (Phi) is 4.27. The van der Waals surface area contributed by atoms with E-state index in [2.05, 4.69) is 10.6 Å². The Labute approximate surface area is 83.9 Å². The maximum atomic E-state index is 10.9. The van der Waals surface area contributed by atoms with Gasteiger partial charge in [-0.05, 0) is 5.57 Å². The number of hydrogen-bond acceptors (Lipinski definition) is 1. The zero-order chi connectivity index (χ0) is 10.2. The lowest BCUT2D eigenvalue weighted by molar-refractivity contribution is 0.244. The molecule has 0 radical (unpaired) electrons. The summed E-state index contributed by atoms with van der Waals surface area (Å²) in [5.41, 5.74) is 1.06. The van der Waals surface area contributed by atoms with Gasteiger partial charge in [-0.3, -0.25) is 0 Å². The Bertz CT molecular complexity index is 311. The first kappa shape index (κ1) is 10.3. The van der Waals surface area contributed by atoms with Crippen LogP contribution in [0, 0.1) is 0 Å². The van der Waals surface area contributed by atoms with Gasteiger partial charge in [-0.2, -0.15) is 0 Å². The van der Waals surface area contributed by atoms with Crippen LogP contribution >= 0.6 is 0 Å². The molecule has 0 saturated heterocycles. The van der Waals surface area contributed by atoms with Crippen LogP contribution in [0.2, 0.25) is 0 Å². The predicted molar refractivity (Wildman–Crippen MR) is 58.0 cm³/mol. The lowest BCUT2D eigenvalue weighted by Crippen LogP contribution is -2.33. The molecule has 0 spiro atoms. The number of amides is 2. The molecule has 0 aromatic heterocycles. The number of rotatable bonds is 2. The second-order valence-corrected chi connectivity index (χ2v) is 2.80. The van der Waals surface area contributed by atoms with Crippen LogP contribution in [0.5, 0.6) is 0 Å². The molecular weight excluding hydrogens is 176 g/mol. The van der Waals surface area contributed by atoms with Gasteiger partial charge in [0.25, 0.3) is 0 Å². The summed E-state index contributed by atoms with van der Waals surface area (Å²) in [5.74, 6) is 0. The number of urea groups is 1. The molecule has 2 N–H and O–H groups in total. The van der Waals surface area contributed by atoms with Crippen molar-refractivity contribution in [2.75, 3.05) is 13.6 Å². The molecule has 0 bridgehead atoms. The highest BCUT2D eigenvalue weighted by atomic mass is 16.2. The fourth-order valence-corrected chi connectivity index (χ4v) is 0.995. The summed E-state index contributed by atoms with van der Waals surface area (Å²) in [6.07, 6.45) is 13.7. The quantitative estimate of drug-likeness (QED) is 0.681. The Morgan fingerprint density at radius 3 is 2.71 bits per heavy atom. The number of nitrogens with one attached hydrogen (secondary N) is 2. The Morgan fingerprint density at radius 1 is 1.21 bits per heavy atom. The van der Waals surface area contributed by atoms with E-state index in [1.165, 1.54) is 0 Å². The number of hydrogen-bond donors (Lipinski definition) is 2. The molecule has 3 nitrogen and oxygen atoms in total. The fourth-order valence-electron chi connectivity index (χ4n) is 0.995. The van der Waals surface area contributed by atoms with Gasteiger partial charge >= 0.3 is 6.03 Å². The third-order valence-corrected chi connectivity index (χ3v) is 1.75. The lowest BCUT2D eigenvalue weighted by atomic mass is 10.2. The maximum absolute atomic E-state index is 10.9. The largest absolute Gasteiger partial charge is 0.341 e. The van der Waals surface area contributed by atoms with E-state index in [9.17, 15) is 4.79 Å². The molecular formula is C11H14N2O.